The average Bonchev–Trinajstić information content (AvgIpc) is 3.03. The van der Waals surface area contributed by atoms with E-state index in [0.29, 0.717) is 24.8 Å². The number of halogens is 4. The van der Waals surface area contributed by atoms with Crippen LogP contribution in [0.25, 0.3) is 0 Å². The normalized spacial score (nSPS) is 17.8. The van der Waals surface area contributed by atoms with Crippen molar-refractivity contribution in [1.29, 1.82) is 0 Å². The summed E-state index contributed by atoms with van der Waals surface area (Å²) in [6.07, 6.45) is -3.26. The minimum Gasteiger partial charge on any atom is -0.492 e. The van der Waals surface area contributed by atoms with Crippen molar-refractivity contribution in [3.05, 3.63) is 29.8 Å². The summed E-state index contributed by atoms with van der Waals surface area (Å²) in [4.78, 5) is 6.43. The molecule has 2 rings (SSSR count). The van der Waals surface area contributed by atoms with Crippen molar-refractivity contribution in [2.45, 2.75) is 12.6 Å². The highest BCUT2D eigenvalue weighted by Gasteiger charge is 2.30. The number of guanidine groups is 1. The molecular formula is C17H25F3IN3O2. The molecule has 1 saturated heterocycles. The van der Waals surface area contributed by atoms with Gasteiger partial charge >= 0.3 is 6.18 Å². The Kier molecular flexibility index (Phi) is 9.48. The number of likely N-dealkylation sites (tertiary alicyclic amines) is 1. The zero-order chi connectivity index (χ0) is 18.3. The summed E-state index contributed by atoms with van der Waals surface area (Å²) in [6.45, 7) is 3.41. The lowest BCUT2D eigenvalue weighted by Crippen LogP contribution is -2.41. The second kappa shape index (κ2) is 10.8. The number of alkyl halides is 3. The summed E-state index contributed by atoms with van der Waals surface area (Å²) in [5.74, 6) is 1.72. The van der Waals surface area contributed by atoms with Crippen molar-refractivity contribution >= 4 is 29.9 Å². The van der Waals surface area contributed by atoms with E-state index < -0.39 is 11.7 Å². The maximum atomic E-state index is 12.5. The lowest BCUT2D eigenvalue weighted by molar-refractivity contribution is -0.137. The first-order chi connectivity index (χ1) is 11.9. The summed E-state index contributed by atoms with van der Waals surface area (Å²) in [5, 5.41) is 3.21. The van der Waals surface area contributed by atoms with Crippen LogP contribution in [-0.2, 0) is 10.9 Å². The average molecular weight is 487 g/mol. The number of methoxy groups -OCH3 is 1. The van der Waals surface area contributed by atoms with Gasteiger partial charge in [0.05, 0.1) is 18.7 Å². The molecule has 0 aliphatic carbocycles. The number of benzene rings is 1. The van der Waals surface area contributed by atoms with Crippen molar-refractivity contribution < 1.29 is 22.6 Å². The summed E-state index contributed by atoms with van der Waals surface area (Å²) >= 11 is 0. The van der Waals surface area contributed by atoms with Crippen LogP contribution in [0.5, 0.6) is 5.75 Å². The highest BCUT2D eigenvalue weighted by Crippen LogP contribution is 2.30. The molecule has 1 aromatic carbocycles. The van der Waals surface area contributed by atoms with Crippen LogP contribution >= 0.6 is 24.0 Å². The molecule has 1 atom stereocenters. The third-order valence-corrected chi connectivity index (χ3v) is 4.04. The molecule has 1 aliphatic heterocycles. The van der Waals surface area contributed by atoms with E-state index in [4.69, 9.17) is 9.47 Å². The lowest BCUT2D eigenvalue weighted by atomic mass is 10.1. The predicted molar refractivity (Wildman–Crippen MR) is 105 cm³/mol. The SMILES string of the molecule is CN=C(NCCOc1ccc(C(F)(F)F)cc1)N1CCC(COC)C1.I. The molecule has 1 N–H and O–H groups in total. The van der Waals surface area contributed by atoms with E-state index >= 15 is 0 Å². The number of hydrogen-bond donors (Lipinski definition) is 1. The number of rotatable bonds is 6. The summed E-state index contributed by atoms with van der Waals surface area (Å²) < 4.78 is 48.2. The maximum Gasteiger partial charge on any atom is 0.416 e. The smallest absolute Gasteiger partial charge is 0.416 e. The molecule has 0 bridgehead atoms. The summed E-state index contributed by atoms with van der Waals surface area (Å²) in [5.41, 5.74) is -0.682. The third-order valence-electron chi connectivity index (χ3n) is 4.04. The Morgan fingerprint density at radius 2 is 2.00 bits per heavy atom. The zero-order valence-corrected chi connectivity index (χ0v) is 17.2. The third kappa shape index (κ3) is 6.82. The zero-order valence-electron chi connectivity index (χ0n) is 14.9. The fourth-order valence-corrected chi connectivity index (χ4v) is 2.80. The first-order valence-corrected chi connectivity index (χ1v) is 8.18. The van der Waals surface area contributed by atoms with Gasteiger partial charge in [-0.3, -0.25) is 4.99 Å². The van der Waals surface area contributed by atoms with E-state index in [9.17, 15) is 13.2 Å². The van der Waals surface area contributed by atoms with Crippen molar-refractivity contribution in [2.24, 2.45) is 10.9 Å². The molecule has 1 unspecified atom stereocenters. The molecule has 1 heterocycles. The van der Waals surface area contributed by atoms with Gasteiger partial charge in [-0.15, -0.1) is 24.0 Å². The Hall–Kier alpha value is -1.23. The Morgan fingerprint density at radius 1 is 1.31 bits per heavy atom. The first kappa shape index (κ1) is 22.8. The van der Waals surface area contributed by atoms with Crippen LogP contribution in [-0.4, -0.2) is 57.9 Å². The van der Waals surface area contributed by atoms with Gasteiger partial charge in [-0.1, -0.05) is 0 Å². The van der Waals surface area contributed by atoms with Crippen LogP contribution in [0.3, 0.4) is 0 Å². The van der Waals surface area contributed by atoms with Crippen LogP contribution in [0.2, 0.25) is 0 Å². The molecule has 0 amide bonds. The highest BCUT2D eigenvalue weighted by molar-refractivity contribution is 14.0. The lowest BCUT2D eigenvalue weighted by Gasteiger charge is -2.21. The Labute approximate surface area is 169 Å². The van der Waals surface area contributed by atoms with Crippen LogP contribution in [0.1, 0.15) is 12.0 Å². The number of hydrogen-bond acceptors (Lipinski definition) is 3. The van der Waals surface area contributed by atoms with Gasteiger partial charge in [0.25, 0.3) is 0 Å². The van der Waals surface area contributed by atoms with Gasteiger partial charge in [-0.25, -0.2) is 0 Å². The minimum atomic E-state index is -4.33. The molecule has 0 radical (unpaired) electrons. The van der Waals surface area contributed by atoms with E-state index in [1.54, 1.807) is 14.2 Å². The van der Waals surface area contributed by atoms with Crippen molar-refractivity contribution in [3.8, 4) is 5.75 Å². The highest BCUT2D eigenvalue weighted by atomic mass is 127. The maximum absolute atomic E-state index is 12.5. The standard InChI is InChI=1S/C17H24F3N3O2.HI/c1-21-16(23-9-7-13(11-23)12-24-2)22-8-10-25-15-5-3-14(4-6-15)17(18,19)20;/h3-6,13H,7-12H2,1-2H3,(H,21,22);1H. The molecule has 9 heteroatoms. The topological polar surface area (TPSA) is 46.1 Å². The number of nitrogens with zero attached hydrogens (tertiary/aromatic N) is 2. The molecule has 0 aromatic heterocycles. The molecule has 1 fully saturated rings. The van der Waals surface area contributed by atoms with Crippen LogP contribution in [0.4, 0.5) is 13.2 Å². The monoisotopic (exact) mass is 487 g/mol. The van der Waals surface area contributed by atoms with Crippen LogP contribution in [0.15, 0.2) is 29.3 Å². The molecule has 148 valence electrons. The van der Waals surface area contributed by atoms with Gasteiger partial charge < -0.3 is 19.7 Å². The van der Waals surface area contributed by atoms with E-state index in [0.717, 1.165) is 44.2 Å². The molecule has 26 heavy (non-hydrogen) atoms. The van der Waals surface area contributed by atoms with E-state index in [2.05, 4.69) is 15.2 Å². The quantitative estimate of drug-likeness (QED) is 0.290. The van der Waals surface area contributed by atoms with Crippen LogP contribution < -0.4 is 10.1 Å². The van der Waals surface area contributed by atoms with E-state index in [1.807, 2.05) is 0 Å². The first-order valence-electron chi connectivity index (χ1n) is 8.18. The second-order valence-electron chi connectivity index (χ2n) is 5.90. The molecule has 0 saturated carbocycles. The fraction of sp³-hybridized carbons (Fsp3) is 0.588. The molecule has 1 aromatic rings. The predicted octanol–water partition coefficient (Wildman–Crippen LogP) is 3.25. The number of nitrogens with one attached hydrogen (secondary N) is 1. The Bertz CT molecular complexity index is 567. The van der Waals surface area contributed by atoms with Crippen molar-refractivity contribution in [1.82, 2.24) is 10.2 Å². The van der Waals surface area contributed by atoms with Gasteiger partial charge in [0.1, 0.15) is 12.4 Å². The van der Waals surface area contributed by atoms with Crippen molar-refractivity contribution in [3.63, 3.8) is 0 Å². The van der Waals surface area contributed by atoms with Gasteiger partial charge in [-0.05, 0) is 30.7 Å². The van der Waals surface area contributed by atoms with Gasteiger partial charge in [0.15, 0.2) is 5.96 Å². The van der Waals surface area contributed by atoms with E-state index in [1.165, 1.54) is 12.1 Å². The molecule has 5 nitrogen and oxygen atoms in total. The van der Waals surface area contributed by atoms with Crippen molar-refractivity contribution in [2.75, 3.05) is 47.0 Å². The minimum absolute atomic E-state index is 0. The van der Waals surface area contributed by atoms with Gasteiger partial charge in [0.2, 0.25) is 0 Å². The number of ether oxygens (including phenoxy) is 2. The number of aliphatic imine (C=N–C) groups is 1. The Morgan fingerprint density at radius 3 is 2.58 bits per heavy atom. The second-order valence-corrected chi connectivity index (χ2v) is 5.90. The molecule has 1 aliphatic rings. The van der Waals surface area contributed by atoms with Gasteiger partial charge in [0, 0.05) is 33.2 Å². The summed E-state index contributed by atoms with van der Waals surface area (Å²) in [6, 6.07) is 4.69. The largest absolute Gasteiger partial charge is 0.492 e. The summed E-state index contributed by atoms with van der Waals surface area (Å²) in [7, 11) is 3.43. The molecule has 0 spiro atoms. The van der Waals surface area contributed by atoms with Crippen LogP contribution in [0, 0.1) is 5.92 Å². The van der Waals surface area contributed by atoms with E-state index in [-0.39, 0.29) is 24.0 Å². The van der Waals surface area contributed by atoms with Gasteiger partial charge in [-0.2, -0.15) is 13.2 Å². The molecular weight excluding hydrogens is 462 g/mol. The fourth-order valence-electron chi connectivity index (χ4n) is 2.80. The Balaban J connectivity index is 0.00000338.